The van der Waals surface area contributed by atoms with E-state index in [0.29, 0.717) is 32.9 Å². The number of nitrogens with one attached hydrogen (secondary N) is 1. The third kappa shape index (κ3) is 8.84. The lowest BCUT2D eigenvalue weighted by molar-refractivity contribution is 0.0486. The molecular formula is C18H30FN3O2. The molecule has 136 valence electrons. The van der Waals surface area contributed by atoms with Crippen molar-refractivity contribution in [2.75, 3.05) is 47.1 Å². The zero-order valence-corrected chi connectivity index (χ0v) is 15.1. The normalized spacial score (nSPS) is 11.6. The summed E-state index contributed by atoms with van der Waals surface area (Å²) in [6.45, 7) is 6.13. The van der Waals surface area contributed by atoms with Gasteiger partial charge in [0.15, 0.2) is 5.96 Å². The molecule has 1 rings (SSSR count). The SMILES string of the molecule is CCCCOCCOCCNC(=NC)N(C)Cc1ccc(F)cc1. The first-order valence-electron chi connectivity index (χ1n) is 8.49. The Morgan fingerprint density at radius 3 is 2.42 bits per heavy atom. The molecule has 0 radical (unpaired) electrons. The van der Waals surface area contributed by atoms with E-state index in [-0.39, 0.29) is 5.82 Å². The van der Waals surface area contributed by atoms with Crippen LogP contribution < -0.4 is 5.32 Å². The Labute approximate surface area is 144 Å². The lowest BCUT2D eigenvalue weighted by Gasteiger charge is -2.22. The Kier molecular flexibility index (Phi) is 10.8. The van der Waals surface area contributed by atoms with Gasteiger partial charge in [-0.05, 0) is 24.1 Å². The first kappa shape index (κ1) is 20.4. The zero-order chi connectivity index (χ0) is 17.6. The van der Waals surface area contributed by atoms with Gasteiger partial charge >= 0.3 is 0 Å². The smallest absolute Gasteiger partial charge is 0.193 e. The molecule has 0 amide bonds. The molecule has 5 nitrogen and oxygen atoms in total. The Balaban J connectivity index is 2.16. The van der Waals surface area contributed by atoms with Gasteiger partial charge in [0.2, 0.25) is 0 Å². The monoisotopic (exact) mass is 339 g/mol. The van der Waals surface area contributed by atoms with Crippen molar-refractivity contribution in [3.8, 4) is 0 Å². The van der Waals surface area contributed by atoms with Gasteiger partial charge in [-0.2, -0.15) is 0 Å². The lowest BCUT2D eigenvalue weighted by atomic mass is 10.2. The van der Waals surface area contributed by atoms with Crippen LogP contribution in [0.5, 0.6) is 0 Å². The number of halogens is 1. The first-order chi connectivity index (χ1) is 11.7. The van der Waals surface area contributed by atoms with Gasteiger partial charge in [-0.3, -0.25) is 4.99 Å². The summed E-state index contributed by atoms with van der Waals surface area (Å²) in [7, 11) is 3.69. The number of hydrogen-bond acceptors (Lipinski definition) is 3. The minimum absolute atomic E-state index is 0.222. The Bertz CT molecular complexity index is 466. The summed E-state index contributed by atoms with van der Waals surface area (Å²) in [5, 5.41) is 3.25. The van der Waals surface area contributed by atoms with E-state index in [9.17, 15) is 4.39 Å². The van der Waals surface area contributed by atoms with Gasteiger partial charge in [0.25, 0.3) is 0 Å². The van der Waals surface area contributed by atoms with Crippen LogP contribution in [0.2, 0.25) is 0 Å². The quantitative estimate of drug-likeness (QED) is 0.382. The molecule has 0 saturated heterocycles. The van der Waals surface area contributed by atoms with Crippen molar-refractivity contribution in [3.63, 3.8) is 0 Å². The van der Waals surface area contributed by atoms with Gasteiger partial charge in [-0.1, -0.05) is 25.5 Å². The van der Waals surface area contributed by atoms with Gasteiger partial charge in [-0.25, -0.2) is 4.39 Å². The highest BCUT2D eigenvalue weighted by molar-refractivity contribution is 5.79. The van der Waals surface area contributed by atoms with E-state index in [1.807, 2.05) is 11.9 Å². The average Bonchev–Trinajstić information content (AvgIpc) is 2.58. The van der Waals surface area contributed by atoms with Crippen molar-refractivity contribution in [3.05, 3.63) is 35.6 Å². The Morgan fingerprint density at radius 1 is 1.12 bits per heavy atom. The second-order valence-corrected chi connectivity index (χ2v) is 5.53. The number of unbranched alkanes of at least 4 members (excludes halogenated alkanes) is 1. The minimum atomic E-state index is -0.222. The molecule has 0 atom stereocenters. The third-order valence-electron chi connectivity index (χ3n) is 3.45. The second-order valence-electron chi connectivity index (χ2n) is 5.53. The fourth-order valence-corrected chi connectivity index (χ4v) is 2.13. The van der Waals surface area contributed by atoms with Gasteiger partial charge in [0, 0.05) is 33.8 Å². The molecule has 0 unspecified atom stereocenters. The van der Waals surface area contributed by atoms with Crippen LogP contribution in [-0.4, -0.2) is 57.9 Å². The maximum Gasteiger partial charge on any atom is 0.193 e. The van der Waals surface area contributed by atoms with Crippen molar-refractivity contribution in [2.24, 2.45) is 4.99 Å². The summed E-state index contributed by atoms with van der Waals surface area (Å²) in [5.41, 5.74) is 1.03. The number of nitrogens with zero attached hydrogens (tertiary/aromatic N) is 2. The van der Waals surface area contributed by atoms with Crippen LogP contribution in [0.15, 0.2) is 29.3 Å². The van der Waals surface area contributed by atoms with Crippen LogP contribution in [0, 0.1) is 5.82 Å². The molecule has 0 spiro atoms. The highest BCUT2D eigenvalue weighted by Crippen LogP contribution is 2.05. The molecule has 0 aliphatic rings. The van der Waals surface area contributed by atoms with Crippen LogP contribution in [0.3, 0.4) is 0 Å². The zero-order valence-electron chi connectivity index (χ0n) is 15.1. The van der Waals surface area contributed by atoms with E-state index in [2.05, 4.69) is 17.2 Å². The standard InChI is InChI=1S/C18H30FN3O2/c1-4-5-11-23-13-14-24-12-10-21-18(20-2)22(3)15-16-6-8-17(19)9-7-16/h6-9H,4-5,10-15H2,1-3H3,(H,20,21). The van der Waals surface area contributed by atoms with Crippen LogP contribution >= 0.6 is 0 Å². The summed E-state index contributed by atoms with van der Waals surface area (Å²) in [6, 6.07) is 6.49. The molecule has 0 aliphatic carbocycles. The van der Waals surface area contributed by atoms with Crippen molar-refractivity contribution in [1.29, 1.82) is 0 Å². The summed E-state index contributed by atoms with van der Waals surface area (Å²) >= 11 is 0. The molecular weight excluding hydrogens is 309 g/mol. The highest BCUT2D eigenvalue weighted by Gasteiger charge is 2.06. The lowest BCUT2D eigenvalue weighted by Crippen LogP contribution is -2.40. The van der Waals surface area contributed by atoms with Gasteiger partial charge in [0.05, 0.1) is 19.8 Å². The number of rotatable bonds is 11. The minimum Gasteiger partial charge on any atom is -0.379 e. The highest BCUT2D eigenvalue weighted by atomic mass is 19.1. The number of hydrogen-bond donors (Lipinski definition) is 1. The number of guanidine groups is 1. The van der Waals surface area contributed by atoms with E-state index in [0.717, 1.165) is 31.0 Å². The third-order valence-corrected chi connectivity index (χ3v) is 3.45. The van der Waals surface area contributed by atoms with Crippen LogP contribution in [0.1, 0.15) is 25.3 Å². The Hall–Kier alpha value is -1.66. The molecule has 1 N–H and O–H groups in total. The summed E-state index contributed by atoms with van der Waals surface area (Å²) < 4.78 is 23.9. The van der Waals surface area contributed by atoms with Crippen molar-refractivity contribution < 1.29 is 13.9 Å². The number of aliphatic imine (C=N–C) groups is 1. The summed E-state index contributed by atoms with van der Waals surface area (Å²) in [5.74, 6) is 0.557. The molecule has 0 saturated carbocycles. The number of ether oxygens (including phenoxy) is 2. The topological polar surface area (TPSA) is 46.1 Å². The van der Waals surface area contributed by atoms with Crippen molar-refractivity contribution >= 4 is 5.96 Å². The second kappa shape index (κ2) is 12.7. The number of benzene rings is 1. The Morgan fingerprint density at radius 2 is 1.79 bits per heavy atom. The molecule has 0 fully saturated rings. The van der Waals surface area contributed by atoms with Crippen LogP contribution in [0.4, 0.5) is 4.39 Å². The molecule has 6 heteroatoms. The van der Waals surface area contributed by atoms with Crippen molar-refractivity contribution in [1.82, 2.24) is 10.2 Å². The fraction of sp³-hybridized carbons (Fsp3) is 0.611. The maximum atomic E-state index is 12.9. The van der Waals surface area contributed by atoms with Gasteiger partial charge in [-0.15, -0.1) is 0 Å². The average molecular weight is 339 g/mol. The molecule has 0 aliphatic heterocycles. The first-order valence-corrected chi connectivity index (χ1v) is 8.49. The molecule has 24 heavy (non-hydrogen) atoms. The van der Waals surface area contributed by atoms with Gasteiger partial charge < -0.3 is 19.7 Å². The molecule has 1 aromatic rings. The predicted molar refractivity (Wildman–Crippen MR) is 95.8 cm³/mol. The van der Waals surface area contributed by atoms with Crippen LogP contribution in [-0.2, 0) is 16.0 Å². The van der Waals surface area contributed by atoms with E-state index >= 15 is 0 Å². The van der Waals surface area contributed by atoms with E-state index in [1.165, 1.54) is 12.1 Å². The molecule has 0 aromatic heterocycles. The van der Waals surface area contributed by atoms with Crippen molar-refractivity contribution in [2.45, 2.75) is 26.3 Å². The van der Waals surface area contributed by atoms with Crippen LogP contribution in [0.25, 0.3) is 0 Å². The molecule has 1 aromatic carbocycles. The van der Waals surface area contributed by atoms with E-state index in [4.69, 9.17) is 9.47 Å². The molecule has 0 heterocycles. The van der Waals surface area contributed by atoms with Gasteiger partial charge in [0.1, 0.15) is 5.82 Å². The maximum absolute atomic E-state index is 12.9. The summed E-state index contributed by atoms with van der Waals surface area (Å²) in [6.07, 6.45) is 2.24. The summed E-state index contributed by atoms with van der Waals surface area (Å²) in [4.78, 5) is 6.23. The fourth-order valence-electron chi connectivity index (χ4n) is 2.13. The molecule has 0 bridgehead atoms. The van der Waals surface area contributed by atoms with E-state index < -0.39 is 0 Å². The predicted octanol–water partition coefficient (Wildman–Crippen LogP) is 2.67. The van der Waals surface area contributed by atoms with E-state index in [1.54, 1.807) is 19.2 Å². The largest absolute Gasteiger partial charge is 0.379 e.